The van der Waals surface area contributed by atoms with Crippen molar-refractivity contribution in [2.75, 3.05) is 10.6 Å². The smallest absolute Gasteiger partial charge is 0.279 e. The Morgan fingerprint density at radius 1 is 0.970 bits per heavy atom. The van der Waals surface area contributed by atoms with Crippen LogP contribution in [0.15, 0.2) is 59.3 Å². The first-order valence-corrected chi connectivity index (χ1v) is 11.8. The van der Waals surface area contributed by atoms with Crippen LogP contribution < -0.4 is 10.6 Å². The predicted octanol–water partition coefficient (Wildman–Crippen LogP) is 5.63. The number of carbonyl (C=O) groups excluding carboxylic acids is 3. The van der Waals surface area contributed by atoms with Crippen LogP contribution in [0.3, 0.4) is 0 Å². The van der Waals surface area contributed by atoms with E-state index in [1.807, 2.05) is 24.3 Å². The molecule has 3 amide bonds. The van der Waals surface area contributed by atoms with Crippen LogP contribution in [0.5, 0.6) is 0 Å². The molecule has 0 bridgehead atoms. The number of amides is 3. The van der Waals surface area contributed by atoms with E-state index in [9.17, 15) is 14.4 Å². The summed E-state index contributed by atoms with van der Waals surface area (Å²) in [5.74, 6) is -0.710. The van der Waals surface area contributed by atoms with Crippen molar-refractivity contribution in [2.24, 2.45) is 0 Å². The van der Waals surface area contributed by atoms with Crippen molar-refractivity contribution in [3.63, 3.8) is 0 Å². The summed E-state index contributed by atoms with van der Waals surface area (Å²) in [6, 6.07) is 14.4. The number of anilines is 2. The molecule has 6 nitrogen and oxygen atoms in total. The summed E-state index contributed by atoms with van der Waals surface area (Å²) in [5.41, 5.74) is 2.90. The van der Waals surface area contributed by atoms with Gasteiger partial charge in [0.25, 0.3) is 17.7 Å². The number of benzene rings is 2. The van der Waals surface area contributed by atoms with Gasteiger partial charge in [0, 0.05) is 23.0 Å². The van der Waals surface area contributed by atoms with Gasteiger partial charge in [-0.25, -0.2) is 0 Å². The van der Waals surface area contributed by atoms with E-state index in [-0.39, 0.29) is 22.7 Å². The molecule has 1 aliphatic heterocycles. The summed E-state index contributed by atoms with van der Waals surface area (Å²) in [4.78, 5) is 39.7. The summed E-state index contributed by atoms with van der Waals surface area (Å²) < 4.78 is 0. The maximum Gasteiger partial charge on any atom is 0.279 e. The molecule has 4 rings (SSSR count). The average molecular weight is 466 g/mol. The van der Waals surface area contributed by atoms with Crippen LogP contribution in [0.2, 0.25) is 0 Å². The summed E-state index contributed by atoms with van der Waals surface area (Å²) in [7, 11) is 0. The van der Waals surface area contributed by atoms with Crippen molar-refractivity contribution in [3.8, 4) is 0 Å². The monoisotopic (exact) mass is 465 g/mol. The lowest BCUT2D eigenvalue weighted by molar-refractivity contribution is -0.140. The van der Waals surface area contributed by atoms with Gasteiger partial charge in [-0.2, -0.15) is 0 Å². The Labute approximate surface area is 199 Å². The lowest BCUT2D eigenvalue weighted by Gasteiger charge is -2.29. The number of rotatable bonds is 6. The second-order valence-electron chi connectivity index (χ2n) is 8.90. The highest BCUT2D eigenvalue weighted by molar-refractivity contribution is 6.48. The van der Waals surface area contributed by atoms with Crippen LogP contribution in [0.25, 0.3) is 0 Å². The van der Waals surface area contributed by atoms with Crippen LogP contribution in [0.4, 0.5) is 11.4 Å². The number of nitrogens with one attached hydrogen (secondary N) is 2. The first-order valence-electron chi connectivity index (χ1n) is 11.4. The molecule has 1 saturated carbocycles. The van der Waals surface area contributed by atoms with Gasteiger partial charge in [-0.15, -0.1) is 0 Å². The highest BCUT2D eigenvalue weighted by atomic mass is 35.5. The van der Waals surface area contributed by atoms with Gasteiger partial charge in [0.15, 0.2) is 0 Å². The first kappa shape index (κ1) is 23.1. The highest BCUT2D eigenvalue weighted by Crippen LogP contribution is 2.32. The number of hydrogen-bond acceptors (Lipinski definition) is 4. The lowest BCUT2D eigenvalue weighted by Crippen LogP contribution is -2.42. The molecule has 2 aromatic rings. The molecule has 0 atom stereocenters. The molecule has 0 unspecified atom stereocenters. The van der Waals surface area contributed by atoms with E-state index in [0.29, 0.717) is 22.9 Å². The number of halogens is 1. The van der Waals surface area contributed by atoms with Gasteiger partial charge in [0.1, 0.15) is 10.7 Å². The van der Waals surface area contributed by atoms with Crippen molar-refractivity contribution in [1.29, 1.82) is 0 Å². The van der Waals surface area contributed by atoms with E-state index >= 15 is 0 Å². The minimum Gasteiger partial charge on any atom is -0.350 e. The van der Waals surface area contributed by atoms with Crippen LogP contribution in [-0.2, 0) is 9.59 Å². The third kappa shape index (κ3) is 4.96. The molecule has 172 valence electrons. The topological polar surface area (TPSA) is 78.5 Å². The molecular formula is C26H28ClN3O3. The van der Waals surface area contributed by atoms with Crippen molar-refractivity contribution in [1.82, 2.24) is 4.90 Å². The zero-order chi connectivity index (χ0) is 23.5. The maximum absolute atomic E-state index is 13.0. The van der Waals surface area contributed by atoms with E-state index < -0.39 is 11.8 Å². The van der Waals surface area contributed by atoms with E-state index in [2.05, 4.69) is 24.5 Å². The van der Waals surface area contributed by atoms with Crippen molar-refractivity contribution in [2.45, 2.75) is 57.9 Å². The Balaban J connectivity index is 1.47. The fourth-order valence-electron chi connectivity index (χ4n) is 4.34. The molecule has 7 heteroatoms. The number of imide groups is 1. The number of hydrogen-bond donors (Lipinski definition) is 2. The molecule has 1 aliphatic carbocycles. The molecule has 2 N–H and O–H groups in total. The molecule has 0 radical (unpaired) electrons. The highest BCUT2D eigenvalue weighted by Gasteiger charge is 2.42. The van der Waals surface area contributed by atoms with Gasteiger partial charge < -0.3 is 10.6 Å². The first-order chi connectivity index (χ1) is 15.8. The van der Waals surface area contributed by atoms with Gasteiger partial charge >= 0.3 is 0 Å². The van der Waals surface area contributed by atoms with Gasteiger partial charge in [0.2, 0.25) is 0 Å². The quantitative estimate of drug-likeness (QED) is 0.542. The minimum absolute atomic E-state index is 0.0640. The molecule has 0 spiro atoms. The van der Waals surface area contributed by atoms with Gasteiger partial charge in [-0.05, 0) is 54.7 Å². The molecule has 2 aromatic carbocycles. The second-order valence-corrected chi connectivity index (χ2v) is 9.28. The molecule has 33 heavy (non-hydrogen) atoms. The molecule has 0 aromatic heterocycles. The molecular weight excluding hydrogens is 438 g/mol. The van der Waals surface area contributed by atoms with E-state index in [1.165, 1.54) is 10.5 Å². The number of nitrogens with zero attached hydrogens (tertiary/aromatic N) is 1. The van der Waals surface area contributed by atoms with Crippen LogP contribution in [-0.4, -0.2) is 28.7 Å². The zero-order valence-electron chi connectivity index (χ0n) is 18.9. The Hall–Kier alpha value is -3.12. The Morgan fingerprint density at radius 2 is 1.67 bits per heavy atom. The number of carbonyl (C=O) groups is 3. The SMILES string of the molecule is CC(C)c1ccc(NC(=O)c2cccc(NC3=C(Cl)C(=O)N(C4CCCCC4)C3=O)c2)cc1. The lowest BCUT2D eigenvalue weighted by atomic mass is 9.94. The molecule has 1 heterocycles. The molecule has 1 fully saturated rings. The fourth-order valence-corrected chi connectivity index (χ4v) is 4.55. The fraction of sp³-hybridized carbons (Fsp3) is 0.346. The molecule has 2 aliphatic rings. The Morgan fingerprint density at radius 3 is 2.33 bits per heavy atom. The standard InChI is InChI=1S/C26H28ClN3O3/c1-16(2)17-11-13-19(14-12-17)29-24(31)18-7-6-8-20(15-18)28-23-22(27)25(32)30(26(23)33)21-9-4-3-5-10-21/h6-8,11-16,21,28H,3-5,9-10H2,1-2H3,(H,29,31). The van der Waals surface area contributed by atoms with Gasteiger partial charge in [0.05, 0.1) is 0 Å². The van der Waals surface area contributed by atoms with E-state index in [0.717, 1.165) is 32.1 Å². The second kappa shape index (κ2) is 9.79. The average Bonchev–Trinajstić information content (AvgIpc) is 3.03. The van der Waals surface area contributed by atoms with Crippen LogP contribution in [0, 0.1) is 0 Å². The van der Waals surface area contributed by atoms with E-state index in [1.54, 1.807) is 24.3 Å². The Bertz CT molecular complexity index is 1100. The maximum atomic E-state index is 13.0. The zero-order valence-corrected chi connectivity index (χ0v) is 19.6. The van der Waals surface area contributed by atoms with Crippen molar-refractivity contribution < 1.29 is 14.4 Å². The normalized spacial score (nSPS) is 17.2. The van der Waals surface area contributed by atoms with Crippen LogP contribution in [0.1, 0.15) is 67.8 Å². The summed E-state index contributed by atoms with van der Waals surface area (Å²) in [6.45, 7) is 4.23. The predicted molar refractivity (Wildman–Crippen MR) is 130 cm³/mol. The minimum atomic E-state index is -0.449. The largest absolute Gasteiger partial charge is 0.350 e. The Kier molecular flexibility index (Phi) is 6.84. The van der Waals surface area contributed by atoms with Gasteiger partial charge in [-0.1, -0.05) is 62.9 Å². The van der Waals surface area contributed by atoms with E-state index in [4.69, 9.17) is 11.6 Å². The summed E-state index contributed by atoms with van der Waals surface area (Å²) >= 11 is 6.26. The van der Waals surface area contributed by atoms with Gasteiger partial charge in [-0.3, -0.25) is 19.3 Å². The molecule has 0 saturated heterocycles. The summed E-state index contributed by atoms with van der Waals surface area (Å²) in [5, 5.41) is 5.75. The summed E-state index contributed by atoms with van der Waals surface area (Å²) in [6.07, 6.45) is 4.74. The van der Waals surface area contributed by atoms with Crippen LogP contribution >= 0.6 is 11.6 Å². The van der Waals surface area contributed by atoms with Crippen molar-refractivity contribution >= 4 is 40.7 Å². The third-order valence-corrected chi connectivity index (χ3v) is 6.58. The third-order valence-electron chi connectivity index (χ3n) is 6.23. The van der Waals surface area contributed by atoms with Crippen molar-refractivity contribution in [3.05, 3.63) is 70.4 Å².